The zero-order valence-corrected chi connectivity index (χ0v) is 14.5. The van der Waals surface area contributed by atoms with Crippen molar-refractivity contribution in [1.29, 1.82) is 0 Å². The van der Waals surface area contributed by atoms with Crippen molar-refractivity contribution in [3.63, 3.8) is 0 Å². The summed E-state index contributed by atoms with van der Waals surface area (Å²) in [5.74, 6) is 0.900. The van der Waals surface area contributed by atoms with Crippen molar-refractivity contribution in [2.75, 3.05) is 43.4 Å². The number of hydrogen-bond acceptors (Lipinski definition) is 5. The van der Waals surface area contributed by atoms with Crippen LogP contribution in [0.5, 0.6) is 0 Å². The van der Waals surface area contributed by atoms with Crippen LogP contribution in [-0.4, -0.2) is 54.0 Å². The number of likely N-dealkylation sites (N-methyl/N-ethyl adjacent to an activating group) is 1. The van der Waals surface area contributed by atoms with E-state index in [9.17, 15) is 4.79 Å². The van der Waals surface area contributed by atoms with E-state index >= 15 is 0 Å². The number of amides is 1. The number of nitrogens with one attached hydrogen (secondary N) is 1. The molecule has 4 rings (SSSR count). The van der Waals surface area contributed by atoms with Gasteiger partial charge < -0.3 is 15.1 Å². The molecule has 1 N–H and O–H groups in total. The van der Waals surface area contributed by atoms with Gasteiger partial charge in [-0.05, 0) is 38.1 Å². The van der Waals surface area contributed by atoms with Gasteiger partial charge >= 0.3 is 0 Å². The molecule has 1 aliphatic carbocycles. The molecule has 1 saturated carbocycles. The van der Waals surface area contributed by atoms with E-state index in [-0.39, 0.29) is 5.91 Å². The lowest BCUT2D eigenvalue weighted by atomic mass is 10.1. The maximum Gasteiger partial charge on any atom is 0.258 e. The van der Waals surface area contributed by atoms with Crippen LogP contribution < -0.4 is 10.2 Å². The molecule has 0 radical (unpaired) electrons. The summed E-state index contributed by atoms with van der Waals surface area (Å²) in [4.78, 5) is 26.1. The number of pyridine rings is 2. The van der Waals surface area contributed by atoms with Crippen LogP contribution in [0.2, 0.25) is 0 Å². The minimum Gasteiger partial charge on any atom is -0.369 e. The van der Waals surface area contributed by atoms with Gasteiger partial charge in [-0.1, -0.05) is 0 Å². The largest absolute Gasteiger partial charge is 0.369 e. The standard InChI is InChI=1S/C19H23N5O/c1-23-9-11-24(12-10-23)15-6-8-20-17(13-15)22-19(25)16-3-2-7-21-18(16)14-4-5-14/h2-3,6-8,13-14H,4-5,9-12H2,1H3,(H,20,22,25). The highest BCUT2D eigenvalue weighted by Gasteiger charge is 2.29. The van der Waals surface area contributed by atoms with Gasteiger partial charge in [-0.15, -0.1) is 0 Å². The van der Waals surface area contributed by atoms with Crippen molar-refractivity contribution in [1.82, 2.24) is 14.9 Å². The van der Waals surface area contributed by atoms with E-state index in [1.54, 1.807) is 12.4 Å². The van der Waals surface area contributed by atoms with Gasteiger partial charge in [-0.3, -0.25) is 9.78 Å². The number of carbonyl (C=O) groups is 1. The van der Waals surface area contributed by atoms with Crippen molar-refractivity contribution in [3.8, 4) is 0 Å². The first-order chi connectivity index (χ1) is 12.2. The zero-order chi connectivity index (χ0) is 17.2. The third-order valence-corrected chi connectivity index (χ3v) is 4.90. The molecule has 0 atom stereocenters. The summed E-state index contributed by atoms with van der Waals surface area (Å²) in [5.41, 5.74) is 2.68. The molecule has 2 aromatic rings. The Hall–Kier alpha value is -2.47. The Balaban J connectivity index is 1.49. The fourth-order valence-electron chi connectivity index (χ4n) is 3.22. The van der Waals surface area contributed by atoms with Crippen LogP contribution in [0.25, 0.3) is 0 Å². The van der Waals surface area contributed by atoms with E-state index in [0.29, 0.717) is 17.3 Å². The molecular weight excluding hydrogens is 314 g/mol. The molecule has 1 aliphatic heterocycles. The summed E-state index contributed by atoms with van der Waals surface area (Å²) >= 11 is 0. The normalized spacial score (nSPS) is 18.2. The lowest BCUT2D eigenvalue weighted by molar-refractivity contribution is 0.102. The highest BCUT2D eigenvalue weighted by Crippen LogP contribution is 2.40. The predicted octanol–water partition coefficient (Wildman–Crippen LogP) is 2.36. The van der Waals surface area contributed by atoms with Gasteiger partial charge in [0, 0.05) is 56.2 Å². The molecule has 130 valence electrons. The molecule has 2 aromatic heterocycles. The van der Waals surface area contributed by atoms with Gasteiger partial charge in [0.25, 0.3) is 5.91 Å². The first kappa shape index (κ1) is 16.0. The number of anilines is 2. The number of nitrogens with zero attached hydrogens (tertiary/aromatic N) is 4. The molecule has 25 heavy (non-hydrogen) atoms. The zero-order valence-electron chi connectivity index (χ0n) is 14.5. The first-order valence-electron chi connectivity index (χ1n) is 8.86. The molecule has 6 heteroatoms. The topological polar surface area (TPSA) is 61.4 Å². The number of rotatable bonds is 4. The monoisotopic (exact) mass is 337 g/mol. The Kier molecular flexibility index (Phi) is 4.36. The number of piperazine rings is 1. The number of hydrogen-bond donors (Lipinski definition) is 1. The molecular formula is C19H23N5O. The summed E-state index contributed by atoms with van der Waals surface area (Å²) in [7, 11) is 2.14. The van der Waals surface area contributed by atoms with Gasteiger partial charge in [0.05, 0.1) is 11.3 Å². The third kappa shape index (κ3) is 3.64. The smallest absolute Gasteiger partial charge is 0.258 e. The third-order valence-electron chi connectivity index (χ3n) is 4.90. The SMILES string of the molecule is CN1CCN(c2ccnc(NC(=O)c3cccnc3C3CC3)c2)CC1. The van der Waals surface area contributed by atoms with E-state index in [4.69, 9.17) is 0 Å². The Morgan fingerprint density at radius 3 is 2.68 bits per heavy atom. The summed E-state index contributed by atoms with van der Waals surface area (Å²) in [5, 5.41) is 2.94. The van der Waals surface area contributed by atoms with E-state index in [0.717, 1.165) is 50.4 Å². The summed E-state index contributed by atoms with van der Waals surface area (Å²) in [6.45, 7) is 4.07. The van der Waals surface area contributed by atoms with E-state index in [2.05, 4.69) is 32.1 Å². The van der Waals surface area contributed by atoms with E-state index in [1.165, 1.54) is 0 Å². The minimum atomic E-state index is -0.127. The molecule has 2 fully saturated rings. The van der Waals surface area contributed by atoms with Crippen LogP contribution in [0.4, 0.5) is 11.5 Å². The average Bonchev–Trinajstić information content (AvgIpc) is 3.48. The van der Waals surface area contributed by atoms with Crippen LogP contribution in [0.1, 0.15) is 34.8 Å². The van der Waals surface area contributed by atoms with Crippen LogP contribution >= 0.6 is 0 Å². The van der Waals surface area contributed by atoms with Gasteiger partial charge in [0.2, 0.25) is 0 Å². The molecule has 1 amide bonds. The highest BCUT2D eigenvalue weighted by molar-refractivity contribution is 6.04. The summed E-state index contributed by atoms with van der Waals surface area (Å²) in [6.07, 6.45) is 5.76. The van der Waals surface area contributed by atoms with Crippen LogP contribution in [0.3, 0.4) is 0 Å². The highest BCUT2D eigenvalue weighted by atomic mass is 16.1. The van der Waals surface area contributed by atoms with Crippen molar-refractivity contribution in [2.24, 2.45) is 0 Å². The fraction of sp³-hybridized carbons (Fsp3) is 0.421. The average molecular weight is 337 g/mol. The van der Waals surface area contributed by atoms with Crippen molar-refractivity contribution < 1.29 is 4.79 Å². The molecule has 1 saturated heterocycles. The molecule has 0 bridgehead atoms. The second kappa shape index (κ2) is 6.80. The van der Waals surface area contributed by atoms with Crippen molar-refractivity contribution in [2.45, 2.75) is 18.8 Å². The van der Waals surface area contributed by atoms with E-state index < -0.39 is 0 Å². The molecule has 0 unspecified atom stereocenters. The Labute approximate surface area is 147 Å². The predicted molar refractivity (Wildman–Crippen MR) is 98.1 cm³/mol. The second-order valence-corrected chi connectivity index (χ2v) is 6.85. The minimum absolute atomic E-state index is 0.127. The van der Waals surface area contributed by atoms with E-state index in [1.807, 2.05) is 24.3 Å². The Morgan fingerprint density at radius 1 is 1.12 bits per heavy atom. The van der Waals surface area contributed by atoms with Crippen LogP contribution in [0.15, 0.2) is 36.7 Å². The number of carbonyl (C=O) groups excluding carboxylic acids is 1. The molecule has 0 aromatic carbocycles. The van der Waals surface area contributed by atoms with Crippen LogP contribution in [-0.2, 0) is 0 Å². The fourth-order valence-corrected chi connectivity index (χ4v) is 3.22. The van der Waals surface area contributed by atoms with Crippen molar-refractivity contribution in [3.05, 3.63) is 47.9 Å². The molecule has 2 aliphatic rings. The van der Waals surface area contributed by atoms with Gasteiger partial charge in [0.15, 0.2) is 0 Å². The summed E-state index contributed by atoms with van der Waals surface area (Å²) < 4.78 is 0. The maximum atomic E-state index is 12.7. The lowest BCUT2D eigenvalue weighted by Crippen LogP contribution is -2.44. The quantitative estimate of drug-likeness (QED) is 0.928. The Bertz CT molecular complexity index is 766. The first-order valence-corrected chi connectivity index (χ1v) is 8.86. The summed E-state index contributed by atoms with van der Waals surface area (Å²) in [6, 6.07) is 7.62. The lowest BCUT2D eigenvalue weighted by Gasteiger charge is -2.34. The molecule has 3 heterocycles. The van der Waals surface area contributed by atoms with Gasteiger partial charge in [-0.2, -0.15) is 0 Å². The van der Waals surface area contributed by atoms with Gasteiger partial charge in [-0.25, -0.2) is 4.98 Å². The van der Waals surface area contributed by atoms with Gasteiger partial charge in [0.1, 0.15) is 5.82 Å². The number of aromatic nitrogens is 2. The second-order valence-electron chi connectivity index (χ2n) is 6.85. The molecule has 0 spiro atoms. The van der Waals surface area contributed by atoms with Crippen molar-refractivity contribution >= 4 is 17.4 Å². The molecule has 6 nitrogen and oxygen atoms in total. The Morgan fingerprint density at radius 2 is 1.92 bits per heavy atom. The maximum absolute atomic E-state index is 12.7. The van der Waals surface area contributed by atoms with Crippen LogP contribution in [0, 0.1) is 0 Å².